The van der Waals surface area contributed by atoms with Gasteiger partial charge in [0, 0.05) is 37.6 Å². The van der Waals surface area contributed by atoms with Gasteiger partial charge >= 0.3 is 0 Å². The second-order valence-corrected chi connectivity index (χ2v) is 3.21. The molecular weight excluding hydrogens is 164 g/mol. The van der Waals surface area contributed by atoms with Crippen LogP contribution in [0, 0.1) is 0 Å². The van der Waals surface area contributed by atoms with Crippen molar-refractivity contribution in [3.05, 3.63) is 24.5 Å². The second-order valence-electron chi connectivity index (χ2n) is 3.21. The summed E-state index contributed by atoms with van der Waals surface area (Å²) in [7, 11) is 0. The van der Waals surface area contributed by atoms with E-state index in [4.69, 9.17) is 4.74 Å². The van der Waals surface area contributed by atoms with Crippen LogP contribution in [0.5, 0.6) is 0 Å². The molecule has 2 rings (SSSR count). The molecule has 3 nitrogen and oxygen atoms in total. The summed E-state index contributed by atoms with van der Waals surface area (Å²) >= 11 is 0. The standard InChI is InChI=1S/C10H14N2O/c1-2-13-10-7-9(8-10)11-12-5-3-4-6-12/h3-6,10H,2,7-8H2,1H3. The average molecular weight is 178 g/mol. The smallest absolute Gasteiger partial charge is 0.0680 e. The highest BCUT2D eigenvalue weighted by atomic mass is 16.5. The van der Waals surface area contributed by atoms with Crippen LogP contribution in [0.1, 0.15) is 19.8 Å². The third-order valence-electron chi connectivity index (χ3n) is 2.17. The minimum absolute atomic E-state index is 0.416. The third kappa shape index (κ3) is 1.98. The number of hydrogen-bond donors (Lipinski definition) is 0. The average Bonchev–Trinajstić information content (AvgIpc) is 2.53. The maximum atomic E-state index is 5.44. The van der Waals surface area contributed by atoms with Crippen molar-refractivity contribution < 1.29 is 4.74 Å². The Balaban J connectivity index is 1.86. The lowest BCUT2D eigenvalue weighted by molar-refractivity contribution is 0.0560. The summed E-state index contributed by atoms with van der Waals surface area (Å²) < 4.78 is 7.28. The SMILES string of the molecule is CCOC1CC(=Nn2cccc2)C1. The zero-order valence-corrected chi connectivity index (χ0v) is 7.81. The van der Waals surface area contributed by atoms with Gasteiger partial charge in [0.25, 0.3) is 0 Å². The number of rotatable bonds is 3. The van der Waals surface area contributed by atoms with Crippen molar-refractivity contribution in [1.29, 1.82) is 0 Å². The molecule has 13 heavy (non-hydrogen) atoms. The number of aromatic nitrogens is 1. The Morgan fingerprint density at radius 3 is 2.77 bits per heavy atom. The first kappa shape index (κ1) is 8.51. The Morgan fingerprint density at radius 2 is 2.15 bits per heavy atom. The van der Waals surface area contributed by atoms with Crippen LogP contribution >= 0.6 is 0 Å². The van der Waals surface area contributed by atoms with E-state index in [1.165, 1.54) is 5.71 Å². The van der Waals surface area contributed by atoms with E-state index in [1.807, 2.05) is 36.1 Å². The van der Waals surface area contributed by atoms with Crippen LogP contribution in [0.3, 0.4) is 0 Å². The van der Waals surface area contributed by atoms with Gasteiger partial charge < -0.3 is 4.74 Å². The van der Waals surface area contributed by atoms with Gasteiger partial charge in [-0.1, -0.05) is 0 Å². The molecule has 0 aliphatic heterocycles. The fourth-order valence-electron chi connectivity index (χ4n) is 1.46. The quantitative estimate of drug-likeness (QED) is 0.694. The van der Waals surface area contributed by atoms with Gasteiger partial charge in [0.15, 0.2) is 0 Å². The van der Waals surface area contributed by atoms with Crippen molar-refractivity contribution in [3.8, 4) is 0 Å². The van der Waals surface area contributed by atoms with Crippen LogP contribution in [-0.2, 0) is 4.74 Å². The van der Waals surface area contributed by atoms with Crippen molar-refractivity contribution in [3.63, 3.8) is 0 Å². The van der Waals surface area contributed by atoms with Gasteiger partial charge in [0.05, 0.1) is 6.10 Å². The summed E-state index contributed by atoms with van der Waals surface area (Å²) in [5.41, 5.74) is 1.23. The molecule has 3 heteroatoms. The Bertz CT molecular complexity index is 282. The molecule has 0 unspecified atom stereocenters. The summed E-state index contributed by atoms with van der Waals surface area (Å²) in [6.45, 7) is 2.84. The monoisotopic (exact) mass is 178 g/mol. The Hall–Kier alpha value is -1.09. The predicted octanol–water partition coefficient (Wildman–Crippen LogP) is 1.89. The molecule has 0 radical (unpaired) electrons. The van der Waals surface area contributed by atoms with Gasteiger partial charge in [0.1, 0.15) is 0 Å². The Morgan fingerprint density at radius 1 is 1.46 bits per heavy atom. The molecule has 0 saturated heterocycles. The normalized spacial score (nSPS) is 21.3. The highest BCUT2D eigenvalue weighted by molar-refractivity contribution is 5.90. The first-order valence-electron chi connectivity index (χ1n) is 4.70. The van der Waals surface area contributed by atoms with E-state index in [-0.39, 0.29) is 0 Å². The molecule has 1 aliphatic rings. The topological polar surface area (TPSA) is 26.5 Å². The minimum Gasteiger partial charge on any atom is -0.378 e. The van der Waals surface area contributed by atoms with Gasteiger partial charge in [-0.25, -0.2) is 4.68 Å². The summed E-state index contributed by atoms with van der Waals surface area (Å²) in [5, 5.41) is 4.41. The van der Waals surface area contributed by atoms with Crippen LogP contribution < -0.4 is 0 Å². The summed E-state index contributed by atoms with van der Waals surface area (Å²) in [5.74, 6) is 0. The maximum absolute atomic E-state index is 5.44. The molecule has 0 atom stereocenters. The summed E-state index contributed by atoms with van der Waals surface area (Å²) in [6, 6.07) is 3.95. The van der Waals surface area contributed by atoms with Crippen molar-refractivity contribution in [2.75, 3.05) is 6.61 Å². The lowest BCUT2D eigenvalue weighted by Crippen LogP contribution is -2.32. The molecular formula is C10H14N2O. The summed E-state index contributed by atoms with van der Waals surface area (Å²) in [6.07, 6.45) is 6.29. The zero-order chi connectivity index (χ0) is 9.10. The molecule has 0 bridgehead atoms. The van der Waals surface area contributed by atoms with Crippen molar-refractivity contribution >= 4 is 5.71 Å². The van der Waals surface area contributed by atoms with Crippen LogP contribution in [0.25, 0.3) is 0 Å². The number of hydrogen-bond acceptors (Lipinski definition) is 2. The number of ether oxygens (including phenoxy) is 1. The second kappa shape index (κ2) is 3.75. The van der Waals surface area contributed by atoms with E-state index >= 15 is 0 Å². The number of nitrogens with zero attached hydrogens (tertiary/aromatic N) is 2. The molecule has 0 N–H and O–H groups in total. The minimum atomic E-state index is 0.416. The molecule has 0 spiro atoms. The van der Waals surface area contributed by atoms with E-state index in [0.29, 0.717) is 6.10 Å². The first-order valence-corrected chi connectivity index (χ1v) is 4.70. The van der Waals surface area contributed by atoms with Crippen LogP contribution in [0.15, 0.2) is 29.6 Å². The molecule has 1 fully saturated rings. The molecule has 0 aromatic carbocycles. The maximum Gasteiger partial charge on any atom is 0.0680 e. The van der Waals surface area contributed by atoms with E-state index in [2.05, 4.69) is 5.10 Å². The fourth-order valence-corrected chi connectivity index (χ4v) is 1.46. The Kier molecular flexibility index (Phi) is 2.45. The van der Waals surface area contributed by atoms with Crippen LogP contribution in [0.4, 0.5) is 0 Å². The largest absolute Gasteiger partial charge is 0.378 e. The molecule has 70 valence electrons. The van der Waals surface area contributed by atoms with E-state index in [1.54, 1.807) is 0 Å². The van der Waals surface area contributed by atoms with Gasteiger partial charge in [-0.05, 0) is 19.1 Å². The van der Waals surface area contributed by atoms with Gasteiger partial charge in [0.2, 0.25) is 0 Å². The highest BCUT2D eigenvalue weighted by Gasteiger charge is 2.24. The van der Waals surface area contributed by atoms with Crippen molar-refractivity contribution in [1.82, 2.24) is 4.68 Å². The molecule has 1 aliphatic carbocycles. The van der Waals surface area contributed by atoms with Crippen molar-refractivity contribution in [2.45, 2.75) is 25.9 Å². The van der Waals surface area contributed by atoms with Gasteiger partial charge in [-0.15, -0.1) is 0 Å². The Labute approximate surface area is 78.0 Å². The van der Waals surface area contributed by atoms with Crippen LogP contribution in [0.2, 0.25) is 0 Å². The van der Waals surface area contributed by atoms with Crippen LogP contribution in [-0.4, -0.2) is 23.1 Å². The molecule has 0 amide bonds. The van der Waals surface area contributed by atoms with E-state index in [0.717, 1.165) is 19.4 Å². The lowest BCUT2D eigenvalue weighted by atomic mass is 9.93. The predicted molar refractivity (Wildman–Crippen MR) is 51.9 cm³/mol. The van der Waals surface area contributed by atoms with Crippen molar-refractivity contribution in [2.24, 2.45) is 5.10 Å². The molecule has 1 heterocycles. The molecule has 1 aromatic heterocycles. The van der Waals surface area contributed by atoms with E-state index < -0.39 is 0 Å². The zero-order valence-electron chi connectivity index (χ0n) is 7.81. The third-order valence-corrected chi connectivity index (χ3v) is 2.17. The lowest BCUT2D eigenvalue weighted by Gasteiger charge is -2.27. The molecule has 1 aromatic rings. The highest BCUT2D eigenvalue weighted by Crippen LogP contribution is 2.20. The fraction of sp³-hybridized carbons (Fsp3) is 0.500. The summed E-state index contributed by atoms with van der Waals surface area (Å²) in [4.78, 5) is 0. The molecule has 1 saturated carbocycles. The van der Waals surface area contributed by atoms with Gasteiger partial charge in [-0.3, -0.25) is 0 Å². The van der Waals surface area contributed by atoms with E-state index in [9.17, 15) is 0 Å². The first-order chi connectivity index (χ1) is 6.38. The van der Waals surface area contributed by atoms with Gasteiger partial charge in [-0.2, -0.15) is 5.10 Å².